The highest BCUT2D eigenvalue weighted by atomic mass is 15.5. The van der Waals surface area contributed by atoms with E-state index in [1.54, 1.807) is 17.2 Å². The fraction of sp³-hybridized carbons (Fsp3) is 0.0370. The average molecular weight is 500 g/mol. The first-order valence-electron chi connectivity index (χ1n) is 12.0. The van der Waals surface area contributed by atoms with Crippen molar-refractivity contribution in [2.24, 2.45) is 0 Å². The van der Waals surface area contributed by atoms with Crippen molar-refractivity contribution < 1.29 is 0 Å². The van der Waals surface area contributed by atoms with Crippen LogP contribution in [0.1, 0.15) is 5.56 Å². The highest BCUT2D eigenvalue weighted by molar-refractivity contribution is 5.85. The minimum absolute atomic E-state index is 0.418. The number of imidazole rings is 1. The molecule has 0 saturated heterocycles. The van der Waals surface area contributed by atoms with E-state index >= 15 is 0 Å². The van der Waals surface area contributed by atoms with Gasteiger partial charge in [-0.05, 0) is 54.1 Å². The summed E-state index contributed by atoms with van der Waals surface area (Å²) < 4.78 is 1.89. The van der Waals surface area contributed by atoms with Crippen molar-refractivity contribution in [3.05, 3.63) is 103 Å². The Morgan fingerprint density at radius 2 is 1.68 bits per heavy atom. The molecular formula is C27H21N11. The first kappa shape index (κ1) is 21.7. The largest absolute Gasteiger partial charge is 0.361 e. The van der Waals surface area contributed by atoms with Gasteiger partial charge in [-0.1, -0.05) is 24.3 Å². The van der Waals surface area contributed by atoms with Crippen LogP contribution in [0.15, 0.2) is 97.7 Å². The molecule has 0 aliphatic rings. The Kier molecular flexibility index (Phi) is 5.21. The van der Waals surface area contributed by atoms with Crippen molar-refractivity contribution in [1.82, 2.24) is 44.5 Å². The number of H-pyrrole nitrogens is 1. The van der Waals surface area contributed by atoms with Crippen LogP contribution in [0.3, 0.4) is 0 Å². The molecule has 0 spiro atoms. The van der Waals surface area contributed by atoms with Crippen molar-refractivity contribution >= 4 is 45.2 Å². The highest BCUT2D eigenvalue weighted by Gasteiger charge is 2.16. The van der Waals surface area contributed by atoms with E-state index in [-0.39, 0.29) is 0 Å². The lowest BCUT2D eigenvalue weighted by Gasteiger charge is -2.11. The van der Waals surface area contributed by atoms with Crippen molar-refractivity contribution in [2.75, 3.05) is 10.6 Å². The van der Waals surface area contributed by atoms with Gasteiger partial charge in [0.2, 0.25) is 17.8 Å². The molecule has 4 aromatic heterocycles. The van der Waals surface area contributed by atoms with Crippen LogP contribution in [0.4, 0.5) is 23.3 Å². The van der Waals surface area contributed by atoms with Gasteiger partial charge in [0.15, 0.2) is 0 Å². The summed E-state index contributed by atoms with van der Waals surface area (Å²) in [7, 11) is 0. The van der Waals surface area contributed by atoms with E-state index < -0.39 is 0 Å². The molecule has 0 aliphatic carbocycles. The predicted octanol–water partition coefficient (Wildman–Crippen LogP) is 4.82. The van der Waals surface area contributed by atoms with Crippen LogP contribution < -0.4 is 10.6 Å². The molecule has 38 heavy (non-hydrogen) atoms. The van der Waals surface area contributed by atoms with Crippen molar-refractivity contribution in [3.8, 4) is 5.95 Å². The number of aromatic nitrogens is 9. The molecule has 0 radical (unpaired) electrons. The molecule has 7 aromatic rings. The first-order chi connectivity index (χ1) is 18.8. The maximum atomic E-state index is 4.82. The predicted molar refractivity (Wildman–Crippen MR) is 145 cm³/mol. The third-order valence-electron chi connectivity index (χ3n) is 6.10. The third-order valence-corrected chi connectivity index (χ3v) is 6.10. The summed E-state index contributed by atoms with van der Waals surface area (Å²) in [5.74, 6) is 1.46. The number of aromatic amines is 1. The lowest BCUT2D eigenvalue weighted by Crippen LogP contribution is -2.08. The fourth-order valence-electron chi connectivity index (χ4n) is 4.39. The van der Waals surface area contributed by atoms with E-state index in [1.807, 2.05) is 77.5 Å². The van der Waals surface area contributed by atoms with E-state index in [2.05, 4.69) is 41.8 Å². The van der Waals surface area contributed by atoms with E-state index in [9.17, 15) is 0 Å². The molecule has 11 heteroatoms. The van der Waals surface area contributed by atoms with Gasteiger partial charge in [-0.15, -0.1) is 0 Å². The first-order valence-corrected chi connectivity index (χ1v) is 12.0. The van der Waals surface area contributed by atoms with Crippen molar-refractivity contribution in [3.63, 3.8) is 0 Å². The second-order valence-corrected chi connectivity index (χ2v) is 8.66. The number of nitrogens with zero attached hydrogens (tertiary/aromatic N) is 8. The van der Waals surface area contributed by atoms with Gasteiger partial charge in [0, 0.05) is 28.5 Å². The number of hydrogen-bond acceptors (Lipinski definition) is 8. The van der Waals surface area contributed by atoms with Crippen molar-refractivity contribution in [1.29, 1.82) is 0 Å². The van der Waals surface area contributed by atoms with E-state index in [0.29, 0.717) is 24.4 Å². The number of nitrogens with one attached hydrogen (secondary N) is 3. The maximum Gasteiger partial charge on any atom is 0.241 e. The molecule has 11 nitrogen and oxygen atoms in total. The summed E-state index contributed by atoms with van der Waals surface area (Å²) in [5, 5.41) is 16.2. The lowest BCUT2D eigenvalue weighted by molar-refractivity contribution is 0.591. The number of benzene rings is 3. The number of anilines is 4. The van der Waals surface area contributed by atoms with Gasteiger partial charge in [-0.3, -0.25) is 0 Å². The topological polar surface area (TPSA) is 127 Å². The molecule has 0 unspecified atom stereocenters. The zero-order chi connectivity index (χ0) is 25.3. The smallest absolute Gasteiger partial charge is 0.241 e. The van der Waals surface area contributed by atoms with Gasteiger partial charge in [0.05, 0.1) is 30.0 Å². The normalized spacial score (nSPS) is 11.3. The molecule has 0 fully saturated rings. The number of hydrogen-bond donors (Lipinski definition) is 3. The molecule has 0 aliphatic heterocycles. The van der Waals surface area contributed by atoms with Crippen LogP contribution in [0.5, 0.6) is 0 Å². The fourth-order valence-corrected chi connectivity index (χ4v) is 4.39. The minimum atomic E-state index is 0.418. The Bertz CT molecular complexity index is 1870. The van der Waals surface area contributed by atoms with Crippen LogP contribution in [0.2, 0.25) is 0 Å². The molecular weight excluding hydrogens is 478 g/mol. The summed E-state index contributed by atoms with van der Waals surface area (Å²) >= 11 is 0. The molecule has 7 rings (SSSR count). The Hall–Kier alpha value is -5.58. The summed E-state index contributed by atoms with van der Waals surface area (Å²) in [5.41, 5.74) is 5.58. The van der Waals surface area contributed by atoms with Crippen molar-refractivity contribution in [2.45, 2.75) is 6.54 Å². The quantitative estimate of drug-likeness (QED) is 0.285. The second-order valence-electron chi connectivity index (χ2n) is 8.66. The zero-order valence-corrected chi connectivity index (χ0v) is 20.0. The van der Waals surface area contributed by atoms with E-state index in [0.717, 1.165) is 38.9 Å². The lowest BCUT2D eigenvalue weighted by atomic mass is 10.2. The van der Waals surface area contributed by atoms with Gasteiger partial charge in [0.1, 0.15) is 6.33 Å². The van der Waals surface area contributed by atoms with E-state index in [1.165, 1.54) is 6.33 Å². The van der Waals surface area contributed by atoms with Gasteiger partial charge in [-0.2, -0.15) is 20.0 Å². The molecule has 3 N–H and O–H groups in total. The summed E-state index contributed by atoms with van der Waals surface area (Å²) in [6.45, 7) is 0.565. The molecule has 0 amide bonds. The molecule has 3 aromatic carbocycles. The summed E-state index contributed by atoms with van der Waals surface area (Å²) in [4.78, 5) is 23.2. The van der Waals surface area contributed by atoms with Gasteiger partial charge >= 0.3 is 0 Å². The Labute approximate surface area is 216 Å². The number of rotatable bonds is 7. The Balaban J connectivity index is 1.22. The molecule has 4 heterocycles. The Morgan fingerprint density at radius 1 is 0.789 bits per heavy atom. The van der Waals surface area contributed by atoms with Crippen LogP contribution in [0, 0.1) is 0 Å². The van der Waals surface area contributed by atoms with Gasteiger partial charge in [0.25, 0.3) is 0 Å². The number of fused-ring (bicyclic) bond motifs is 2. The third kappa shape index (κ3) is 4.17. The van der Waals surface area contributed by atoms with Crippen LogP contribution in [-0.4, -0.2) is 44.5 Å². The molecule has 0 atom stereocenters. The summed E-state index contributed by atoms with van der Waals surface area (Å²) in [6, 6.07) is 24.0. The zero-order valence-electron chi connectivity index (χ0n) is 20.0. The average Bonchev–Trinajstić information content (AvgIpc) is 3.69. The minimum Gasteiger partial charge on any atom is -0.361 e. The Morgan fingerprint density at radius 3 is 2.63 bits per heavy atom. The molecule has 0 bridgehead atoms. The second kappa shape index (κ2) is 9.13. The SMILES string of the molecule is c1cc(Cn2nccn2)cc(Nc2ncnc(-n3c(Nc4ccc5[nH]ccc5c4)nc4ccccc43)n2)c1. The van der Waals surface area contributed by atoms with Crippen LogP contribution >= 0.6 is 0 Å². The molecule has 0 saturated carbocycles. The van der Waals surface area contributed by atoms with Gasteiger partial charge < -0.3 is 15.6 Å². The monoisotopic (exact) mass is 499 g/mol. The molecule has 184 valence electrons. The standard InChI is InChI=1S/C27H21N11/c1-2-7-24-23(6-1)35-27(34-21-8-9-22-19(15-21)10-11-28-22)38(24)26-30-17-29-25(36-26)33-20-5-3-4-18(14-20)16-37-31-12-13-32-37/h1-15,17,28H,16H2,(H,34,35)(H,29,30,33,36). The number of para-hydroxylation sites is 2. The van der Waals surface area contributed by atoms with Gasteiger partial charge in [-0.25, -0.2) is 19.5 Å². The maximum absolute atomic E-state index is 4.82. The highest BCUT2D eigenvalue weighted by Crippen LogP contribution is 2.27. The van der Waals surface area contributed by atoms with E-state index in [4.69, 9.17) is 9.97 Å². The van der Waals surface area contributed by atoms with Crippen LogP contribution in [-0.2, 0) is 6.54 Å². The summed E-state index contributed by atoms with van der Waals surface area (Å²) in [6.07, 6.45) is 6.74. The van der Waals surface area contributed by atoms with Crippen LogP contribution in [0.25, 0.3) is 27.9 Å².